The Bertz CT molecular complexity index is 1400. The van der Waals surface area contributed by atoms with E-state index in [1.807, 2.05) is 49.4 Å². The number of hydrogen-bond acceptors (Lipinski definition) is 5. The molecule has 0 radical (unpaired) electrons. The molecule has 4 aromatic carbocycles. The summed E-state index contributed by atoms with van der Waals surface area (Å²) < 4.78 is 6.13. The monoisotopic (exact) mass is 475 g/mol. The minimum atomic E-state index is 0.256. The van der Waals surface area contributed by atoms with Crippen LogP contribution in [0.5, 0.6) is 11.6 Å². The lowest BCUT2D eigenvalue weighted by molar-refractivity contribution is 0.192. The Morgan fingerprint density at radius 1 is 0.722 bits per heavy atom. The van der Waals surface area contributed by atoms with Crippen LogP contribution in [0.15, 0.2) is 103 Å². The molecule has 1 aromatic heterocycles. The molecule has 0 aliphatic carbocycles. The van der Waals surface area contributed by atoms with Gasteiger partial charge in [0.05, 0.1) is 0 Å². The highest BCUT2D eigenvalue weighted by Gasteiger charge is 2.11. The summed E-state index contributed by atoms with van der Waals surface area (Å²) in [5, 5.41) is 11.7. The van der Waals surface area contributed by atoms with Crippen LogP contribution in [-0.4, -0.2) is 33.1 Å². The molecule has 5 nitrogen and oxygen atoms in total. The Balaban J connectivity index is 1.29. The Morgan fingerprint density at radius 2 is 1.36 bits per heavy atom. The van der Waals surface area contributed by atoms with E-state index in [1.165, 1.54) is 11.1 Å². The van der Waals surface area contributed by atoms with Crippen LogP contribution in [-0.2, 0) is 13.1 Å². The molecule has 0 bridgehead atoms. The van der Waals surface area contributed by atoms with Gasteiger partial charge in [-0.05, 0) is 47.0 Å². The molecule has 5 aromatic rings. The predicted octanol–water partition coefficient (Wildman–Crippen LogP) is 6.39. The van der Waals surface area contributed by atoms with Crippen LogP contribution in [0, 0.1) is 6.92 Å². The number of benzene rings is 4. The number of nitrogens with zero attached hydrogens (tertiary/aromatic N) is 3. The smallest absolute Gasteiger partial charge is 0.217 e. The van der Waals surface area contributed by atoms with Crippen LogP contribution in [0.1, 0.15) is 16.8 Å². The largest absolute Gasteiger partial charge is 0.508 e. The highest BCUT2D eigenvalue weighted by atomic mass is 16.5. The molecule has 5 rings (SSSR count). The topological polar surface area (TPSA) is 58.5 Å². The van der Waals surface area contributed by atoms with E-state index in [9.17, 15) is 5.11 Å². The molecule has 0 spiro atoms. The molecular weight excluding hydrogens is 446 g/mol. The van der Waals surface area contributed by atoms with Gasteiger partial charge in [-0.15, -0.1) is 0 Å². The summed E-state index contributed by atoms with van der Waals surface area (Å²) in [6.45, 7) is 4.93. The number of fused-ring (bicyclic) bond motifs is 1. The van der Waals surface area contributed by atoms with Crippen LogP contribution in [0.25, 0.3) is 22.2 Å². The molecule has 0 saturated heterocycles. The third-order valence-electron chi connectivity index (χ3n) is 6.07. The summed E-state index contributed by atoms with van der Waals surface area (Å²) in [6.07, 6.45) is 0. The zero-order chi connectivity index (χ0) is 24.7. The number of hydrogen-bond donors (Lipinski definition) is 1. The normalized spacial score (nSPS) is 11.2. The average Bonchev–Trinajstić information content (AvgIpc) is 2.89. The number of aryl methyl sites for hydroxylation is 1. The number of phenols is 1. The van der Waals surface area contributed by atoms with Crippen molar-refractivity contribution in [3.63, 3.8) is 0 Å². The van der Waals surface area contributed by atoms with Crippen LogP contribution in [0.2, 0.25) is 0 Å². The van der Waals surface area contributed by atoms with Crippen molar-refractivity contribution in [2.45, 2.75) is 20.0 Å². The van der Waals surface area contributed by atoms with E-state index in [0.29, 0.717) is 18.3 Å². The molecule has 1 N–H and O–H groups in total. The van der Waals surface area contributed by atoms with E-state index in [0.717, 1.165) is 41.7 Å². The molecule has 0 amide bonds. The van der Waals surface area contributed by atoms with E-state index < -0.39 is 0 Å². The maximum atomic E-state index is 9.73. The number of aromatic nitrogens is 2. The van der Waals surface area contributed by atoms with Gasteiger partial charge in [-0.2, -0.15) is 4.98 Å². The van der Waals surface area contributed by atoms with E-state index >= 15 is 0 Å². The third-order valence-corrected chi connectivity index (χ3v) is 6.07. The van der Waals surface area contributed by atoms with Gasteiger partial charge >= 0.3 is 0 Å². The zero-order valence-electron chi connectivity index (χ0n) is 20.3. The van der Waals surface area contributed by atoms with Gasteiger partial charge in [0, 0.05) is 37.0 Å². The van der Waals surface area contributed by atoms with Crippen molar-refractivity contribution in [1.82, 2.24) is 14.9 Å². The summed E-state index contributed by atoms with van der Waals surface area (Å²) in [5.74, 6) is 1.46. The van der Waals surface area contributed by atoms with Crippen molar-refractivity contribution in [3.8, 4) is 23.0 Å². The lowest BCUT2D eigenvalue weighted by Gasteiger charge is -2.22. The van der Waals surface area contributed by atoms with E-state index in [4.69, 9.17) is 9.72 Å². The van der Waals surface area contributed by atoms with Crippen molar-refractivity contribution in [2.75, 3.05) is 13.2 Å². The Kier molecular flexibility index (Phi) is 7.20. The van der Waals surface area contributed by atoms with E-state index in [1.54, 1.807) is 12.1 Å². The first-order chi connectivity index (χ1) is 17.6. The fourth-order valence-corrected chi connectivity index (χ4v) is 4.29. The average molecular weight is 476 g/mol. The number of rotatable bonds is 9. The van der Waals surface area contributed by atoms with Crippen LogP contribution in [0.4, 0.5) is 0 Å². The van der Waals surface area contributed by atoms with Gasteiger partial charge in [0.15, 0.2) is 5.82 Å². The van der Waals surface area contributed by atoms with Crippen molar-refractivity contribution in [3.05, 3.63) is 120 Å². The molecule has 5 heteroatoms. The molecule has 0 fully saturated rings. The summed E-state index contributed by atoms with van der Waals surface area (Å²) in [5.41, 5.74) is 4.32. The van der Waals surface area contributed by atoms with Crippen molar-refractivity contribution in [1.29, 1.82) is 0 Å². The maximum absolute atomic E-state index is 9.73. The molecule has 1 heterocycles. The van der Waals surface area contributed by atoms with E-state index in [-0.39, 0.29) is 5.75 Å². The van der Waals surface area contributed by atoms with Gasteiger partial charge in [0.1, 0.15) is 12.4 Å². The lowest BCUT2D eigenvalue weighted by Crippen LogP contribution is -2.28. The summed E-state index contributed by atoms with van der Waals surface area (Å²) in [6, 6.07) is 34.2. The van der Waals surface area contributed by atoms with Crippen molar-refractivity contribution in [2.24, 2.45) is 0 Å². The molecule has 36 heavy (non-hydrogen) atoms. The Hall–Kier alpha value is -4.22. The van der Waals surface area contributed by atoms with Crippen molar-refractivity contribution < 1.29 is 9.84 Å². The molecular formula is C31H29N3O2. The summed E-state index contributed by atoms with van der Waals surface area (Å²) >= 11 is 0. The fourth-order valence-electron chi connectivity index (χ4n) is 4.29. The molecule has 0 saturated carbocycles. The fraction of sp³-hybridized carbons (Fsp3) is 0.161. The molecule has 180 valence electrons. The second kappa shape index (κ2) is 11.0. The first-order valence-corrected chi connectivity index (χ1v) is 12.1. The van der Waals surface area contributed by atoms with Gasteiger partial charge in [-0.25, -0.2) is 4.98 Å². The minimum Gasteiger partial charge on any atom is -0.508 e. The zero-order valence-corrected chi connectivity index (χ0v) is 20.3. The second-order valence-corrected chi connectivity index (χ2v) is 8.95. The highest BCUT2D eigenvalue weighted by molar-refractivity contribution is 5.87. The van der Waals surface area contributed by atoms with Crippen molar-refractivity contribution >= 4 is 10.8 Å². The lowest BCUT2D eigenvalue weighted by atomic mass is 10.1. The molecule has 0 aliphatic heterocycles. The van der Waals surface area contributed by atoms with Crippen LogP contribution in [0.3, 0.4) is 0 Å². The van der Waals surface area contributed by atoms with Crippen LogP contribution >= 0.6 is 0 Å². The number of aromatic hydroxyl groups is 1. The first kappa shape index (κ1) is 23.5. The Labute approximate surface area is 211 Å². The molecule has 0 atom stereocenters. The van der Waals surface area contributed by atoms with E-state index in [2.05, 4.69) is 58.4 Å². The van der Waals surface area contributed by atoms with Gasteiger partial charge in [0.25, 0.3) is 0 Å². The number of phenolic OH excluding ortho intramolecular Hbond substituents is 1. The van der Waals surface area contributed by atoms with Gasteiger partial charge in [-0.3, -0.25) is 4.90 Å². The quantitative estimate of drug-likeness (QED) is 0.268. The first-order valence-electron chi connectivity index (χ1n) is 12.1. The van der Waals surface area contributed by atoms with Crippen LogP contribution < -0.4 is 4.74 Å². The van der Waals surface area contributed by atoms with Gasteiger partial charge < -0.3 is 9.84 Å². The van der Waals surface area contributed by atoms with Gasteiger partial charge in [0.2, 0.25) is 5.88 Å². The summed E-state index contributed by atoms with van der Waals surface area (Å²) in [7, 11) is 0. The minimum absolute atomic E-state index is 0.256. The predicted molar refractivity (Wildman–Crippen MR) is 144 cm³/mol. The Morgan fingerprint density at radius 3 is 2.06 bits per heavy atom. The standard InChI is InChI=1S/C31H29N3O2/c1-23-18-30(33-31(32-23)28-13-12-27-20-29(35)15-14-26(27)19-28)36-17-16-34(21-24-8-4-2-5-9-24)22-25-10-6-3-7-11-25/h2-15,18-20,35H,16-17,21-22H2,1H3. The molecule has 0 aliphatic rings. The third kappa shape index (κ3) is 6.06. The second-order valence-electron chi connectivity index (χ2n) is 8.95. The maximum Gasteiger partial charge on any atom is 0.217 e. The summed E-state index contributed by atoms with van der Waals surface area (Å²) in [4.78, 5) is 11.7. The SMILES string of the molecule is Cc1cc(OCCN(Cc2ccccc2)Cc2ccccc2)nc(-c2ccc3cc(O)ccc3c2)n1. The molecule has 0 unspecified atom stereocenters. The number of ether oxygens (including phenoxy) is 1. The van der Waals surface area contributed by atoms with Gasteiger partial charge in [-0.1, -0.05) is 78.9 Å². The highest BCUT2D eigenvalue weighted by Crippen LogP contribution is 2.26.